The summed E-state index contributed by atoms with van der Waals surface area (Å²) in [7, 11) is 0. The molecule has 1 heterocycles. The molecule has 1 aliphatic heterocycles. The van der Waals surface area contributed by atoms with Crippen LogP contribution in [0.4, 0.5) is 0 Å². The van der Waals surface area contributed by atoms with E-state index in [-0.39, 0.29) is 4.93 Å². The van der Waals surface area contributed by atoms with Crippen molar-refractivity contribution < 1.29 is 4.74 Å². The number of hydrogen-bond donors (Lipinski definition) is 2. The van der Waals surface area contributed by atoms with E-state index in [0.717, 1.165) is 26.1 Å². The van der Waals surface area contributed by atoms with E-state index in [4.69, 9.17) is 4.74 Å². The number of ether oxygens (including phenoxy) is 1. The molecule has 1 atom stereocenters. The topological polar surface area (TPSA) is 21.3 Å². The van der Waals surface area contributed by atoms with Crippen molar-refractivity contribution in [1.29, 1.82) is 0 Å². The van der Waals surface area contributed by atoms with Crippen LogP contribution in [0.1, 0.15) is 13.3 Å². The summed E-state index contributed by atoms with van der Waals surface area (Å²) in [5.41, 5.74) is 0. The van der Waals surface area contributed by atoms with Gasteiger partial charge in [-0.2, -0.15) is 0 Å². The van der Waals surface area contributed by atoms with Crippen LogP contribution >= 0.6 is 12.6 Å². The molecule has 0 spiro atoms. The summed E-state index contributed by atoms with van der Waals surface area (Å²) in [4.78, 5) is -0.196. The Bertz CT molecular complexity index is 91.1. The fourth-order valence-electron chi connectivity index (χ4n) is 0.875. The predicted octanol–water partition coefficient (Wildman–Crippen LogP) is 0.642. The van der Waals surface area contributed by atoms with Gasteiger partial charge in [-0.1, -0.05) is 6.92 Å². The standard InChI is InChI=1S/C6H13NOS/c1-2-6(9)5-7-3-4-8-6/h7,9H,2-5H2,1H3. The van der Waals surface area contributed by atoms with Crippen molar-refractivity contribution >= 4 is 12.6 Å². The van der Waals surface area contributed by atoms with Gasteiger partial charge in [0.05, 0.1) is 6.61 Å². The van der Waals surface area contributed by atoms with Crippen molar-refractivity contribution in [2.75, 3.05) is 19.7 Å². The van der Waals surface area contributed by atoms with Gasteiger partial charge in [0.25, 0.3) is 0 Å². The van der Waals surface area contributed by atoms with Gasteiger partial charge in [-0.05, 0) is 6.42 Å². The van der Waals surface area contributed by atoms with Crippen molar-refractivity contribution in [2.45, 2.75) is 18.3 Å². The lowest BCUT2D eigenvalue weighted by atomic mass is 10.2. The van der Waals surface area contributed by atoms with Crippen molar-refractivity contribution in [3.8, 4) is 0 Å². The molecule has 0 saturated carbocycles. The highest BCUT2D eigenvalue weighted by atomic mass is 32.1. The molecule has 0 radical (unpaired) electrons. The van der Waals surface area contributed by atoms with E-state index in [9.17, 15) is 0 Å². The van der Waals surface area contributed by atoms with Crippen LogP contribution in [0.15, 0.2) is 0 Å². The third-order valence-corrected chi connectivity index (χ3v) is 2.21. The van der Waals surface area contributed by atoms with E-state index in [1.807, 2.05) is 0 Å². The van der Waals surface area contributed by atoms with Gasteiger partial charge in [-0.15, -0.1) is 12.6 Å². The molecular weight excluding hydrogens is 134 g/mol. The Morgan fingerprint density at radius 2 is 2.56 bits per heavy atom. The Morgan fingerprint density at radius 3 is 2.89 bits per heavy atom. The third kappa shape index (κ3) is 1.85. The minimum Gasteiger partial charge on any atom is -0.362 e. The van der Waals surface area contributed by atoms with Crippen LogP contribution < -0.4 is 5.32 Å². The van der Waals surface area contributed by atoms with Crippen LogP contribution in [0.3, 0.4) is 0 Å². The summed E-state index contributed by atoms with van der Waals surface area (Å²) >= 11 is 4.37. The Hall–Kier alpha value is 0.270. The highest BCUT2D eigenvalue weighted by Crippen LogP contribution is 2.21. The van der Waals surface area contributed by atoms with Crippen LogP contribution in [0, 0.1) is 0 Å². The van der Waals surface area contributed by atoms with Crippen LogP contribution in [-0.2, 0) is 4.74 Å². The van der Waals surface area contributed by atoms with Crippen LogP contribution in [0.2, 0.25) is 0 Å². The first-order valence-corrected chi connectivity index (χ1v) is 3.78. The second-order valence-electron chi connectivity index (χ2n) is 2.32. The third-order valence-electron chi connectivity index (χ3n) is 1.60. The molecule has 1 saturated heterocycles. The van der Waals surface area contributed by atoms with Gasteiger partial charge in [0.15, 0.2) is 0 Å². The van der Waals surface area contributed by atoms with Crippen molar-refractivity contribution in [3.63, 3.8) is 0 Å². The predicted molar refractivity (Wildman–Crippen MR) is 40.8 cm³/mol. The smallest absolute Gasteiger partial charge is 0.123 e. The maximum Gasteiger partial charge on any atom is 0.123 e. The van der Waals surface area contributed by atoms with Crippen molar-refractivity contribution in [1.82, 2.24) is 5.32 Å². The molecule has 2 nitrogen and oxygen atoms in total. The van der Waals surface area contributed by atoms with E-state index in [1.54, 1.807) is 0 Å². The Morgan fingerprint density at radius 1 is 1.78 bits per heavy atom. The molecule has 0 aromatic carbocycles. The molecule has 3 heteroatoms. The average Bonchev–Trinajstić information content (AvgIpc) is 1.90. The van der Waals surface area contributed by atoms with E-state index < -0.39 is 0 Å². The number of hydrogen-bond acceptors (Lipinski definition) is 3. The molecule has 1 N–H and O–H groups in total. The fraction of sp³-hybridized carbons (Fsp3) is 1.00. The van der Waals surface area contributed by atoms with E-state index in [0.29, 0.717) is 0 Å². The Labute approximate surface area is 61.4 Å². The first kappa shape index (κ1) is 7.38. The lowest BCUT2D eigenvalue weighted by Gasteiger charge is -2.32. The maximum atomic E-state index is 5.42. The van der Waals surface area contributed by atoms with Gasteiger partial charge < -0.3 is 10.1 Å². The first-order chi connectivity index (χ1) is 4.27. The summed E-state index contributed by atoms with van der Waals surface area (Å²) < 4.78 is 5.42. The SMILES string of the molecule is CCC1(S)CNCCO1. The molecule has 0 amide bonds. The molecule has 1 fully saturated rings. The molecule has 0 bridgehead atoms. The number of morpholine rings is 1. The summed E-state index contributed by atoms with van der Waals surface area (Å²) in [5.74, 6) is 0. The van der Waals surface area contributed by atoms with Gasteiger partial charge in [0.1, 0.15) is 4.93 Å². The normalized spacial score (nSPS) is 36.7. The molecule has 0 aromatic heterocycles. The lowest BCUT2D eigenvalue weighted by molar-refractivity contribution is 0.00153. The zero-order valence-corrected chi connectivity index (χ0v) is 6.58. The van der Waals surface area contributed by atoms with Crippen molar-refractivity contribution in [3.05, 3.63) is 0 Å². The zero-order valence-electron chi connectivity index (χ0n) is 5.68. The maximum absolute atomic E-state index is 5.42. The summed E-state index contributed by atoms with van der Waals surface area (Å²) in [6, 6.07) is 0. The fourth-order valence-corrected chi connectivity index (χ4v) is 1.08. The van der Waals surface area contributed by atoms with E-state index in [1.165, 1.54) is 0 Å². The molecule has 1 unspecified atom stereocenters. The number of nitrogens with one attached hydrogen (secondary N) is 1. The number of thiol groups is 1. The molecule has 0 aliphatic carbocycles. The Kier molecular flexibility index (Phi) is 2.38. The molecule has 9 heavy (non-hydrogen) atoms. The zero-order chi connectivity index (χ0) is 6.74. The summed E-state index contributed by atoms with van der Waals surface area (Å²) in [6.07, 6.45) is 0.961. The largest absolute Gasteiger partial charge is 0.362 e. The minimum absolute atomic E-state index is 0.196. The van der Waals surface area contributed by atoms with Crippen molar-refractivity contribution in [2.24, 2.45) is 0 Å². The summed E-state index contributed by atoms with van der Waals surface area (Å²) in [6.45, 7) is 4.70. The van der Waals surface area contributed by atoms with Gasteiger partial charge in [-0.25, -0.2) is 0 Å². The van der Waals surface area contributed by atoms with E-state index >= 15 is 0 Å². The molecule has 0 aromatic rings. The number of rotatable bonds is 1. The quantitative estimate of drug-likeness (QED) is 0.531. The second kappa shape index (κ2) is 2.90. The molecule has 1 rings (SSSR count). The monoisotopic (exact) mass is 147 g/mol. The summed E-state index contributed by atoms with van der Waals surface area (Å²) in [5, 5.41) is 3.22. The Balaban J connectivity index is 2.37. The van der Waals surface area contributed by atoms with Gasteiger partial charge in [-0.3, -0.25) is 0 Å². The minimum atomic E-state index is -0.196. The van der Waals surface area contributed by atoms with Gasteiger partial charge in [0.2, 0.25) is 0 Å². The van der Waals surface area contributed by atoms with Crippen LogP contribution in [0.5, 0.6) is 0 Å². The average molecular weight is 147 g/mol. The van der Waals surface area contributed by atoms with Crippen LogP contribution in [-0.4, -0.2) is 24.6 Å². The first-order valence-electron chi connectivity index (χ1n) is 3.34. The molecular formula is C6H13NOS. The lowest BCUT2D eigenvalue weighted by Crippen LogP contribution is -2.45. The van der Waals surface area contributed by atoms with E-state index in [2.05, 4.69) is 24.9 Å². The second-order valence-corrected chi connectivity index (χ2v) is 3.14. The van der Waals surface area contributed by atoms with Gasteiger partial charge >= 0.3 is 0 Å². The highest BCUT2D eigenvalue weighted by molar-refractivity contribution is 7.81. The molecule has 1 aliphatic rings. The van der Waals surface area contributed by atoms with Gasteiger partial charge in [0, 0.05) is 13.1 Å². The highest BCUT2D eigenvalue weighted by Gasteiger charge is 2.25. The van der Waals surface area contributed by atoms with Crippen LogP contribution in [0.25, 0.3) is 0 Å². The molecule has 54 valence electrons.